The topological polar surface area (TPSA) is 122 Å². The Balaban J connectivity index is 1.85. The van der Waals surface area contributed by atoms with Gasteiger partial charge in [-0.1, -0.05) is 31.2 Å². The Morgan fingerprint density at radius 1 is 1.18 bits per heavy atom. The second kappa shape index (κ2) is 12.4. The Hall–Kier alpha value is -4.21. The monoisotopic (exact) mass is 522 g/mol. The van der Waals surface area contributed by atoms with Crippen molar-refractivity contribution in [3.8, 4) is 0 Å². The van der Waals surface area contributed by atoms with E-state index in [4.69, 9.17) is 4.74 Å². The molecule has 1 atom stereocenters. The van der Waals surface area contributed by atoms with E-state index < -0.39 is 29.1 Å². The summed E-state index contributed by atoms with van der Waals surface area (Å²) in [5, 5.41) is 14.2. The SMILES string of the molecule is CCc1ccc(C(=O)N(C)CCCN2C(=O)NC(C)=C(C(=O)OC(C)C)C2c2cccc([N+](=O)[O-])c2)cc1. The van der Waals surface area contributed by atoms with Crippen LogP contribution in [-0.4, -0.2) is 58.9 Å². The largest absolute Gasteiger partial charge is 0.459 e. The Bertz CT molecular complexity index is 1240. The number of rotatable bonds is 10. The van der Waals surface area contributed by atoms with Crippen LogP contribution in [0.5, 0.6) is 0 Å². The fraction of sp³-hybridized carbons (Fsp3) is 0.393. The van der Waals surface area contributed by atoms with Gasteiger partial charge in [0.15, 0.2) is 0 Å². The standard InChI is InChI=1S/C28H34N4O6/c1-6-20-11-13-21(14-12-20)26(33)30(5)15-8-16-31-25(22-9-7-10-23(17-22)32(36)37)24(19(4)29-28(31)35)27(34)38-18(2)3/h7,9-14,17-18,25H,6,8,15-16H2,1-5H3,(H,29,35). The van der Waals surface area contributed by atoms with Gasteiger partial charge in [0.05, 0.1) is 22.6 Å². The van der Waals surface area contributed by atoms with E-state index in [0.29, 0.717) is 29.8 Å². The van der Waals surface area contributed by atoms with Gasteiger partial charge in [0.25, 0.3) is 11.6 Å². The number of urea groups is 1. The number of allylic oxidation sites excluding steroid dienone is 1. The van der Waals surface area contributed by atoms with Crippen molar-refractivity contribution in [1.29, 1.82) is 0 Å². The summed E-state index contributed by atoms with van der Waals surface area (Å²) in [7, 11) is 1.69. The molecule has 0 spiro atoms. The maximum atomic E-state index is 13.1. The third kappa shape index (κ3) is 6.56. The second-order valence-electron chi connectivity index (χ2n) is 9.50. The highest BCUT2D eigenvalue weighted by Gasteiger charge is 2.39. The number of ether oxygens (including phenoxy) is 1. The van der Waals surface area contributed by atoms with Gasteiger partial charge in [0.1, 0.15) is 0 Å². The van der Waals surface area contributed by atoms with Crippen LogP contribution in [0.25, 0.3) is 0 Å². The molecule has 0 bridgehead atoms. The lowest BCUT2D eigenvalue weighted by atomic mass is 9.93. The zero-order valence-corrected chi connectivity index (χ0v) is 22.4. The first-order valence-corrected chi connectivity index (χ1v) is 12.6. The summed E-state index contributed by atoms with van der Waals surface area (Å²) in [4.78, 5) is 53.0. The van der Waals surface area contributed by atoms with Crippen LogP contribution in [0, 0.1) is 10.1 Å². The number of benzene rings is 2. The summed E-state index contributed by atoms with van der Waals surface area (Å²) >= 11 is 0. The number of esters is 1. The van der Waals surface area contributed by atoms with Crippen molar-refractivity contribution in [2.75, 3.05) is 20.1 Å². The molecule has 1 heterocycles. The first-order chi connectivity index (χ1) is 18.0. The van der Waals surface area contributed by atoms with Crippen molar-refractivity contribution in [3.63, 3.8) is 0 Å². The number of aryl methyl sites for hydroxylation is 1. The van der Waals surface area contributed by atoms with Crippen molar-refractivity contribution in [2.45, 2.75) is 52.7 Å². The predicted molar refractivity (Wildman–Crippen MR) is 142 cm³/mol. The van der Waals surface area contributed by atoms with Gasteiger partial charge < -0.3 is 19.9 Å². The van der Waals surface area contributed by atoms with E-state index in [1.165, 1.54) is 23.1 Å². The minimum atomic E-state index is -0.891. The van der Waals surface area contributed by atoms with Crippen LogP contribution in [0.1, 0.15) is 61.6 Å². The highest BCUT2D eigenvalue weighted by Crippen LogP contribution is 2.36. The molecule has 3 amide bonds. The van der Waals surface area contributed by atoms with E-state index in [0.717, 1.165) is 12.0 Å². The highest BCUT2D eigenvalue weighted by atomic mass is 16.6. The van der Waals surface area contributed by atoms with E-state index in [2.05, 4.69) is 5.32 Å². The lowest BCUT2D eigenvalue weighted by Gasteiger charge is -2.38. The van der Waals surface area contributed by atoms with Gasteiger partial charge in [-0.15, -0.1) is 0 Å². The molecule has 38 heavy (non-hydrogen) atoms. The number of nitrogens with one attached hydrogen (secondary N) is 1. The summed E-state index contributed by atoms with van der Waals surface area (Å²) in [5.74, 6) is -0.746. The third-order valence-corrected chi connectivity index (χ3v) is 6.35. The molecule has 10 nitrogen and oxygen atoms in total. The molecule has 1 aliphatic rings. The number of non-ortho nitro benzene ring substituents is 1. The average Bonchev–Trinajstić information content (AvgIpc) is 2.88. The van der Waals surface area contributed by atoms with E-state index in [1.807, 2.05) is 19.1 Å². The summed E-state index contributed by atoms with van der Waals surface area (Å²) in [6, 6.07) is 12.0. The smallest absolute Gasteiger partial charge is 0.338 e. The fourth-order valence-corrected chi connectivity index (χ4v) is 4.39. The van der Waals surface area contributed by atoms with Crippen LogP contribution in [-0.2, 0) is 16.0 Å². The fourth-order valence-electron chi connectivity index (χ4n) is 4.39. The molecule has 0 aromatic heterocycles. The number of hydrogen-bond donors (Lipinski definition) is 1. The normalized spacial score (nSPS) is 15.4. The van der Waals surface area contributed by atoms with Crippen LogP contribution >= 0.6 is 0 Å². The maximum Gasteiger partial charge on any atom is 0.338 e. The van der Waals surface area contributed by atoms with E-state index in [1.54, 1.807) is 50.9 Å². The van der Waals surface area contributed by atoms with Crippen LogP contribution < -0.4 is 5.32 Å². The Morgan fingerprint density at radius 3 is 2.47 bits per heavy atom. The molecular formula is C28H34N4O6. The number of carbonyl (C=O) groups excluding carboxylic acids is 3. The minimum Gasteiger partial charge on any atom is -0.459 e. The minimum absolute atomic E-state index is 0.136. The molecule has 0 fully saturated rings. The Kier molecular flexibility index (Phi) is 9.22. The quantitative estimate of drug-likeness (QED) is 0.276. The van der Waals surface area contributed by atoms with E-state index in [9.17, 15) is 24.5 Å². The van der Waals surface area contributed by atoms with Crippen LogP contribution in [0.4, 0.5) is 10.5 Å². The molecule has 1 aliphatic heterocycles. The molecule has 3 rings (SSSR count). The van der Waals surface area contributed by atoms with Gasteiger partial charge in [-0.25, -0.2) is 9.59 Å². The number of nitrogens with zero attached hydrogens (tertiary/aromatic N) is 3. The molecule has 0 radical (unpaired) electrons. The predicted octanol–water partition coefficient (Wildman–Crippen LogP) is 4.61. The average molecular weight is 523 g/mol. The molecule has 1 N–H and O–H groups in total. The van der Waals surface area contributed by atoms with Crippen LogP contribution in [0.15, 0.2) is 59.8 Å². The molecule has 1 unspecified atom stereocenters. The number of carbonyl (C=O) groups is 3. The van der Waals surface area contributed by atoms with Crippen molar-refractivity contribution in [1.82, 2.24) is 15.1 Å². The molecule has 202 valence electrons. The van der Waals surface area contributed by atoms with Gasteiger partial charge >= 0.3 is 12.0 Å². The van der Waals surface area contributed by atoms with Crippen molar-refractivity contribution < 1.29 is 24.0 Å². The highest BCUT2D eigenvalue weighted by molar-refractivity contribution is 5.95. The number of hydrogen-bond acceptors (Lipinski definition) is 6. The van der Waals surface area contributed by atoms with E-state index in [-0.39, 0.29) is 23.7 Å². The number of nitro benzene ring substituents is 1. The van der Waals surface area contributed by atoms with Crippen LogP contribution in [0.3, 0.4) is 0 Å². The Morgan fingerprint density at radius 2 is 1.87 bits per heavy atom. The molecule has 0 saturated heterocycles. The summed E-state index contributed by atoms with van der Waals surface area (Å²) in [6.07, 6.45) is 0.902. The molecule has 0 aliphatic carbocycles. The van der Waals surface area contributed by atoms with Crippen molar-refractivity contribution >= 4 is 23.6 Å². The summed E-state index contributed by atoms with van der Waals surface area (Å²) in [5.41, 5.74) is 2.52. The first-order valence-electron chi connectivity index (χ1n) is 12.6. The Labute approximate surface area is 222 Å². The lowest BCUT2D eigenvalue weighted by molar-refractivity contribution is -0.384. The summed E-state index contributed by atoms with van der Waals surface area (Å²) < 4.78 is 5.45. The van der Waals surface area contributed by atoms with Gasteiger partial charge in [-0.2, -0.15) is 0 Å². The van der Waals surface area contributed by atoms with Crippen molar-refractivity contribution in [3.05, 3.63) is 86.6 Å². The molecule has 0 saturated carbocycles. The maximum absolute atomic E-state index is 13.1. The zero-order chi connectivity index (χ0) is 28.0. The summed E-state index contributed by atoms with van der Waals surface area (Å²) in [6.45, 7) is 7.64. The van der Waals surface area contributed by atoms with Gasteiger partial charge in [0, 0.05) is 43.5 Å². The van der Waals surface area contributed by atoms with Crippen LogP contribution in [0.2, 0.25) is 0 Å². The van der Waals surface area contributed by atoms with Crippen molar-refractivity contribution in [2.24, 2.45) is 0 Å². The van der Waals surface area contributed by atoms with Gasteiger partial charge in [0.2, 0.25) is 0 Å². The number of amides is 3. The lowest BCUT2D eigenvalue weighted by Crippen LogP contribution is -2.49. The molecule has 2 aromatic carbocycles. The third-order valence-electron chi connectivity index (χ3n) is 6.35. The van der Waals surface area contributed by atoms with Gasteiger partial charge in [-0.3, -0.25) is 14.9 Å². The zero-order valence-electron chi connectivity index (χ0n) is 22.4. The molecule has 2 aromatic rings. The number of nitro groups is 1. The van der Waals surface area contributed by atoms with E-state index >= 15 is 0 Å². The molecular weight excluding hydrogens is 488 g/mol. The van der Waals surface area contributed by atoms with Gasteiger partial charge in [-0.05, 0) is 56.9 Å². The molecule has 10 heteroatoms. The first kappa shape index (κ1) is 28.4. The second-order valence-corrected chi connectivity index (χ2v) is 9.50.